The molecule has 0 aromatic heterocycles. The third-order valence-corrected chi connectivity index (χ3v) is 3.37. The largest absolute Gasteiger partial charge is 5.00 e. The van der Waals surface area contributed by atoms with Gasteiger partial charge in [0.15, 0.2) is 0 Å². The van der Waals surface area contributed by atoms with Crippen LogP contribution in [-0.2, 0) is 17.1 Å². The first-order chi connectivity index (χ1) is 11.8. The summed E-state index contributed by atoms with van der Waals surface area (Å²) in [5, 5.41) is 13.4. The molecule has 27 heavy (non-hydrogen) atoms. The van der Waals surface area contributed by atoms with Crippen molar-refractivity contribution < 1.29 is 21.8 Å². The van der Waals surface area contributed by atoms with Crippen molar-refractivity contribution in [3.8, 4) is 5.75 Å². The van der Waals surface area contributed by atoms with Crippen LogP contribution in [0.4, 0.5) is 17.1 Å². The summed E-state index contributed by atoms with van der Waals surface area (Å²) in [6.45, 7) is 0. The summed E-state index contributed by atoms with van der Waals surface area (Å²) >= 11 is 0. The molecule has 0 heterocycles. The zero-order valence-corrected chi connectivity index (χ0v) is 16.9. The van der Waals surface area contributed by atoms with Gasteiger partial charge in [0.25, 0.3) is 0 Å². The third kappa shape index (κ3) is 7.25. The maximum atomic E-state index is 6.02. The van der Waals surface area contributed by atoms with Crippen LogP contribution in [0.25, 0.3) is 16.0 Å². The average Bonchev–Trinajstić information content (AvgIpc) is 2.64. The monoisotopic (exact) mass is 402 g/mol. The molecule has 0 fully saturated rings. The number of rotatable bonds is 7. The summed E-state index contributed by atoms with van der Waals surface area (Å²) in [5.74, 6) is 0.657. The Labute approximate surface area is 173 Å². The molecular formula is C22H24FeN3O. The number of nitrogens with zero attached hydrogens (tertiary/aromatic N) is 3. The molecule has 0 spiro atoms. The quantitative estimate of drug-likeness (QED) is 0.302. The van der Waals surface area contributed by atoms with Gasteiger partial charge in [-0.1, -0.05) is 84.6 Å². The SMILES string of the molecule is C[N-]c1ccccc1OC([N-]c1ccccc1)[N-]c1ccccc1.[CH3-].[CH3-].[Fe+5]. The van der Waals surface area contributed by atoms with Gasteiger partial charge < -0.3 is 35.5 Å². The first-order valence-corrected chi connectivity index (χ1v) is 7.72. The Morgan fingerprint density at radius 3 is 1.59 bits per heavy atom. The normalized spacial score (nSPS) is 9.11. The van der Waals surface area contributed by atoms with Gasteiger partial charge in [0.2, 0.25) is 0 Å². The third-order valence-electron chi connectivity index (χ3n) is 3.37. The van der Waals surface area contributed by atoms with Crippen LogP contribution < -0.4 is 4.74 Å². The van der Waals surface area contributed by atoms with Crippen molar-refractivity contribution in [3.05, 3.63) is 116 Å². The van der Waals surface area contributed by atoms with Gasteiger partial charge in [-0.25, -0.2) is 0 Å². The summed E-state index contributed by atoms with van der Waals surface area (Å²) in [6, 6.07) is 27.0. The molecule has 5 heteroatoms. The van der Waals surface area contributed by atoms with E-state index < -0.39 is 6.35 Å². The van der Waals surface area contributed by atoms with Gasteiger partial charge in [0.1, 0.15) is 0 Å². The van der Waals surface area contributed by atoms with Crippen molar-refractivity contribution in [1.29, 1.82) is 0 Å². The standard InChI is InChI=1S/C20H18N3O.2CH3.Fe/c1-21-18-14-8-9-15-19(18)24-20(22-16-10-4-2-5-11-16)23-17-12-6-3-7-13-17;;;/h2-15,20H,1H3;2*1H3;/q-3;2*-1;+5. The molecule has 3 rings (SSSR count). The molecule has 0 saturated heterocycles. The molecule has 0 aliphatic heterocycles. The smallest absolute Gasteiger partial charge is 0.684 e. The zero-order chi connectivity index (χ0) is 16.6. The fourth-order valence-corrected chi connectivity index (χ4v) is 2.22. The molecule has 3 aromatic rings. The van der Waals surface area contributed by atoms with Crippen molar-refractivity contribution in [1.82, 2.24) is 0 Å². The van der Waals surface area contributed by atoms with E-state index in [0.29, 0.717) is 5.75 Å². The van der Waals surface area contributed by atoms with Gasteiger partial charge in [-0.3, -0.25) is 0 Å². The van der Waals surface area contributed by atoms with Crippen LogP contribution in [0.5, 0.6) is 5.75 Å². The van der Waals surface area contributed by atoms with E-state index in [1.54, 1.807) is 7.05 Å². The predicted octanol–water partition coefficient (Wildman–Crippen LogP) is 7.29. The Kier molecular flexibility index (Phi) is 11.5. The van der Waals surface area contributed by atoms with Gasteiger partial charge in [0.05, 0.1) is 5.75 Å². The Morgan fingerprint density at radius 2 is 1.11 bits per heavy atom. The van der Waals surface area contributed by atoms with Crippen LogP contribution in [0.2, 0.25) is 0 Å². The average molecular weight is 402 g/mol. The maximum absolute atomic E-state index is 6.02. The Morgan fingerprint density at radius 1 is 0.667 bits per heavy atom. The fourth-order valence-electron chi connectivity index (χ4n) is 2.22. The van der Waals surface area contributed by atoms with E-state index in [-0.39, 0.29) is 31.9 Å². The predicted molar refractivity (Wildman–Crippen MR) is 112 cm³/mol. The van der Waals surface area contributed by atoms with Gasteiger partial charge >= 0.3 is 17.1 Å². The van der Waals surface area contributed by atoms with Gasteiger partial charge in [0, 0.05) is 0 Å². The second-order valence-electron chi connectivity index (χ2n) is 5.06. The van der Waals surface area contributed by atoms with E-state index in [2.05, 4.69) is 16.0 Å². The van der Waals surface area contributed by atoms with E-state index in [1.807, 2.05) is 84.9 Å². The fraction of sp³-hybridized carbons (Fsp3) is 0.0909. The van der Waals surface area contributed by atoms with Gasteiger partial charge in [-0.05, 0) is 12.4 Å². The summed E-state index contributed by atoms with van der Waals surface area (Å²) < 4.78 is 6.02. The second-order valence-corrected chi connectivity index (χ2v) is 5.06. The number of benzene rings is 3. The van der Waals surface area contributed by atoms with E-state index in [0.717, 1.165) is 17.1 Å². The van der Waals surface area contributed by atoms with Crippen molar-refractivity contribution in [2.75, 3.05) is 7.05 Å². The first kappa shape index (κ1) is 24.4. The zero-order valence-electron chi connectivity index (χ0n) is 15.8. The topological polar surface area (TPSA) is 51.5 Å². The molecule has 0 aliphatic rings. The molecule has 0 atom stereocenters. The van der Waals surface area contributed by atoms with Crippen LogP contribution in [0.15, 0.2) is 84.9 Å². The van der Waals surface area contributed by atoms with Crippen molar-refractivity contribution in [3.63, 3.8) is 0 Å². The molecule has 141 valence electrons. The van der Waals surface area contributed by atoms with Gasteiger partial charge in [-0.2, -0.15) is 0 Å². The van der Waals surface area contributed by atoms with Crippen LogP contribution in [0, 0.1) is 14.9 Å². The molecule has 0 amide bonds. The number of hydrogen-bond acceptors (Lipinski definition) is 1. The van der Waals surface area contributed by atoms with Crippen molar-refractivity contribution >= 4 is 17.1 Å². The molecule has 0 N–H and O–H groups in total. The summed E-state index contributed by atoms with van der Waals surface area (Å²) in [6.07, 6.45) is -0.683. The molecule has 3 aromatic carbocycles. The maximum Gasteiger partial charge on any atom is 5.00 e. The van der Waals surface area contributed by atoms with E-state index >= 15 is 0 Å². The molecule has 0 bridgehead atoms. The van der Waals surface area contributed by atoms with Gasteiger partial charge in [-0.15, -0.1) is 18.4 Å². The number of ether oxygens (including phenoxy) is 1. The van der Waals surface area contributed by atoms with E-state index in [1.165, 1.54) is 0 Å². The van der Waals surface area contributed by atoms with Crippen LogP contribution >= 0.6 is 0 Å². The molecule has 0 saturated carbocycles. The van der Waals surface area contributed by atoms with Crippen molar-refractivity contribution in [2.45, 2.75) is 6.35 Å². The molecular weight excluding hydrogens is 378 g/mol. The minimum absolute atomic E-state index is 0. The van der Waals surface area contributed by atoms with Crippen molar-refractivity contribution in [2.24, 2.45) is 0 Å². The van der Waals surface area contributed by atoms with E-state index in [9.17, 15) is 0 Å². The van der Waals surface area contributed by atoms with E-state index in [4.69, 9.17) is 4.74 Å². The summed E-state index contributed by atoms with van der Waals surface area (Å²) in [5.41, 5.74) is 2.40. The minimum atomic E-state index is -0.683. The molecule has 4 nitrogen and oxygen atoms in total. The Hall–Kier alpha value is -2.62. The number of hydrogen-bond donors (Lipinski definition) is 0. The Bertz CT molecular complexity index is 712. The van der Waals surface area contributed by atoms with Crippen LogP contribution in [0.3, 0.4) is 0 Å². The molecule has 1 radical (unpaired) electrons. The number of para-hydroxylation sites is 4. The second kappa shape index (κ2) is 12.7. The van der Waals surface area contributed by atoms with Crippen LogP contribution in [-0.4, -0.2) is 13.4 Å². The first-order valence-electron chi connectivity index (χ1n) is 7.72. The molecule has 0 unspecified atom stereocenters. The molecule has 0 aliphatic carbocycles. The summed E-state index contributed by atoms with van der Waals surface area (Å²) in [4.78, 5) is 0. The summed E-state index contributed by atoms with van der Waals surface area (Å²) in [7, 11) is 1.74. The van der Waals surface area contributed by atoms with Crippen LogP contribution in [0.1, 0.15) is 0 Å². The minimum Gasteiger partial charge on any atom is -0.684 e. The Balaban J connectivity index is 0.00000225.